The fourth-order valence-corrected chi connectivity index (χ4v) is 2.96. The van der Waals surface area contributed by atoms with Gasteiger partial charge in [0, 0.05) is 12.2 Å². The van der Waals surface area contributed by atoms with Crippen molar-refractivity contribution in [3.63, 3.8) is 0 Å². The highest BCUT2D eigenvalue weighted by molar-refractivity contribution is 5.24. The second-order valence-electron chi connectivity index (χ2n) is 5.34. The molecule has 1 aliphatic carbocycles. The van der Waals surface area contributed by atoms with Crippen LogP contribution in [0.2, 0.25) is 0 Å². The maximum Gasteiger partial charge on any atom is 0.0628 e. The van der Waals surface area contributed by atoms with Gasteiger partial charge in [-0.25, -0.2) is 0 Å². The van der Waals surface area contributed by atoms with Crippen molar-refractivity contribution in [2.24, 2.45) is 5.92 Å². The van der Waals surface area contributed by atoms with Gasteiger partial charge in [-0.2, -0.15) is 5.10 Å². The van der Waals surface area contributed by atoms with Gasteiger partial charge in [-0.1, -0.05) is 12.8 Å². The maximum absolute atomic E-state index is 4.72. The summed E-state index contributed by atoms with van der Waals surface area (Å²) in [5.74, 6) is 0.866. The second-order valence-corrected chi connectivity index (χ2v) is 5.34. The van der Waals surface area contributed by atoms with Crippen LogP contribution in [0.25, 0.3) is 0 Å². The molecule has 0 aliphatic heterocycles. The maximum atomic E-state index is 4.72. The summed E-state index contributed by atoms with van der Waals surface area (Å²) in [5, 5.41) is 7.93. The first-order chi connectivity index (χ1) is 8.22. The molecule has 0 atom stereocenters. The Balaban J connectivity index is 2.06. The highest BCUT2D eigenvalue weighted by Crippen LogP contribution is 2.27. The van der Waals surface area contributed by atoms with E-state index in [1.165, 1.54) is 42.6 Å². The number of rotatable bonds is 5. The third-order valence-corrected chi connectivity index (χ3v) is 4.06. The fourth-order valence-electron chi connectivity index (χ4n) is 2.96. The molecular weight excluding hydrogens is 210 g/mol. The van der Waals surface area contributed by atoms with Gasteiger partial charge in [0.05, 0.1) is 5.69 Å². The molecule has 0 aromatic carbocycles. The largest absolute Gasteiger partial charge is 0.319 e. The number of nitrogens with zero attached hydrogens (tertiary/aromatic N) is 2. The van der Waals surface area contributed by atoms with Crippen molar-refractivity contribution in [2.45, 2.75) is 52.5 Å². The molecule has 1 aromatic rings. The Morgan fingerprint density at radius 2 is 2.00 bits per heavy atom. The van der Waals surface area contributed by atoms with Gasteiger partial charge < -0.3 is 5.32 Å². The van der Waals surface area contributed by atoms with Crippen molar-refractivity contribution in [3.05, 3.63) is 17.0 Å². The van der Waals surface area contributed by atoms with Crippen LogP contribution in [0.1, 0.15) is 42.6 Å². The van der Waals surface area contributed by atoms with E-state index >= 15 is 0 Å². The lowest BCUT2D eigenvalue weighted by molar-refractivity contribution is 0.421. The molecule has 3 heteroatoms. The molecule has 1 aromatic heterocycles. The molecule has 1 N–H and O–H groups in total. The van der Waals surface area contributed by atoms with Gasteiger partial charge in [0.1, 0.15) is 0 Å². The van der Waals surface area contributed by atoms with Crippen molar-refractivity contribution < 1.29 is 0 Å². The van der Waals surface area contributed by atoms with Crippen molar-refractivity contribution in [3.8, 4) is 0 Å². The average Bonchev–Trinajstić information content (AvgIpc) is 2.89. The number of aromatic nitrogens is 2. The first-order valence-corrected chi connectivity index (χ1v) is 6.90. The average molecular weight is 235 g/mol. The van der Waals surface area contributed by atoms with Crippen LogP contribution in [0.4, 0.5) is 0 Å². The van der Waals surface area contributed by atoms with Crippen LogP contribution in [0.15, 0.2) is 0 Å². The van der Waals surface area contributed by atoms with Gasteiger partial charge in [-0.3, -0.25) is 4.68 Å². The van der Waals surface area contributed by atoms with E-state index in [1.807, 2.05) is 7.05 Å². The summed E-state index contributed by atoms with van der Waals surface area (Å²) in [7, 11) is 2.01. The third kappa shape index (κ3) is 2.89. The Kier molecular flexibility index (Phi) is 4.21. The summed E-state index contributed by atoms with van der Waals surface area (Å²) in [6.07, 6.45) is 6.71. The van der Waals surface area contributed by atoms with Gasteiger partial charge in [-0.15, -0.1) is 0 Å². The molecule has 96 valence electrons. The van der Waals surface area contributed by atoms with Gasteiger partial charge in [-0.05, 0) is 58.2 Å². The molecule has 1 saturated carbocycles. The van der Waals surface area contributed by atoms with Gasteiger partial charge in [0.25, 0.3) is 0 Å². The highest BCUT2D eigenvalue weighted by Gasteiger charge is 2.18. The first-order valence-electron chi connectivity index (χ1n) is 6.90. The Morgan fingerprint density at radius 1 is 1.29 bits per heavy atom. The van der Waals surface area contributed by atoms with Crippen LogP contribution in [0.5, 0.6) is 0 Å². The zero-order valence-corrected chi connectivity index (χ0v) is 11.4. The van der Waals surface area contributed by atoms with E-state index in [4.69, 9.17) is 5.10 Å². The van der Waals surface area contributed by atoms with Crippen LogP contribution >= 0.6 is 0 Å². The molecule has 1 heterocycles. The molecule has 2 rings (SSSR count). The van der Waals surface area contributed by atoms with E-state index in [0.717, 1.165) is 25.4 Å². The molecule has 0 bridgehead atoms. The van der Waals surface area contributed by atoms with Crippen LogP contribution in [-0.2, 0) is 13.0 Å². The molecule has 0 spiro atoms. The Bertz CT molecular complexity index is 362. The number of nitrogens with one attached hydrogen (secondary N) is 1. The lowest BCUT2D eigenvalue weighted by atomic mass is 10.1. The smallest absolute Gasteiger partial charge is 0.0628 e. The molecule has 1 fully saturated rings. The fraction of sp³-hybridized carbons (Fsp3) is 0.786. The normalized spacial score (nSPS) is 16.9. The van der Waals surface area contributed by atoms with Gasteiger partial charge >= 0.3 is 0 Å². The second kappa shape index (κ2) is 5.67. The van der Waals surface area contributed by atoms with Crippen LogP contribution in [0, 0.1) is 19.8 Å². The molecule has 1 aliphatic rings. The Morgan fingerprint density at radius 3 is 2.65 bits per heavy atom. The zero-order chi connectivity index (χ0) is 12.3. The lowest BCUT2D eigenvalue weighted by Gasteiger charge is -2.11. The molecule has 0 saturated heterocycles. The Hall–Kier alpha value is -0.830. The van der Waals surface area contributed by atoms with E-state index in [-0.39, 0.29) is 0 Å². The third-order valence-electron chi connectivity index (χ3n) is 4.06. The summed E-state index contributed by atoms with van der Waals surface area (Å²) in [6.45, 7) is 6.53. The van der Waals surface area contributed by atoms with E-state index in [1.54, 1.807) is 0 Å². The van der Waals surface area contributed by atoms with Crippen molar-refractivity contribution in [2.75, 3.05) is 13.6 Å². The van der Waals surface area contributed by atoms with Crippen LogP contribution in [0.3, 0.4) is 0 Å². The van der Waals surface area contributed by atoms with Crippen molar-refractivity contribution in [1.29, 1.82) is 0 Å². The number of likely N-dealkylation sites (N-methyl/N-ethyl adjacent to an activating group) is 1. The zero-order valence-electron chi connectivity index (χ0n) is 11.4. The summed E-state index contributed by atoms with van der Waals surface area (Å²) in [4.78, 5) is 0. The molecule has 0 radical (unpaired) electrons. The Labute approximate surface area is 105 Å². The van der Waals surface area contributed by atoms with E-state index in [0.29, 0.717) is 0 Å². The number of hydrogen-bond acceptors (Lipinski definition) is 2. The van der Waals surface area contributed by atoms with E-state index in [9.17, 15) is 0 Å². The minimum Gasteiger partial charge on any atom is -0.319 e. The monoisotopic (exact) mass is 235 g/mol. The quantitative estimate of drug-likeness (QED) is 0.849. The van der Waals surface area contributed by atoms with E-state index < -0.39 is 0 Å². The number of hydrogen-bond donors (Lipinski definition) is 1. The summed E-state index contributed by atoms with van der Waals surface area (Å²) < 4.78 is 2.25. The van der Waals surface area contributed by atoms with E-state index in [2.05, 4.69) is 23.8 Å². The van der Waals surface area contributed by atoms with Crippen LogP contribution in [-0.4, -0.2) is 23.4 Å². The molecule has 3 nitrogen and oxygen atoms in total. The molecule has 0 amide bonds. The van der Waals surface area contributed by atoms with Crippen LogP contribution < -0.4 is 5.32 Å². The van der Waals surface area contributed by atoms with Crippen molar-refractivity contribution in [1.82, 2.24) is 15.1 Å². The SMILES string of the molecule is CNCCc1c(C)nn(CC2CCCC2)c1C. The topological polar surface area (TPSA) is 29.9 Å². The molecule has 17 heavy (non-hydrogen) atoms. The standard InChI is InChI=1S/C14H25N3/c1-11-14(8-9-15-3)12(2)17(16-11)10-13-6-4-5-7-13/h13,15H,4-10H2,1-3H3. The summed E-state index contributed by atoms with van der Waals surface area (Å²) in [6, 6.07) is 0. The summed E-state index contributed by atoms with van der Waals surface area (Å²) >= 11 is 0. The molecular formula is C14H25N3. The minimum atomic E-state index is 0.866. The highest BCUT2D eigenvalue weighted by atomic mass is 15.3. The number of aryl methyl sites for hydroxylation is 1. The van der Waals surface area contributed by atoms with Gasteiger partial charge in [0.15, 0.2) is 0 Å². The van der Waals surface area contributed by atoms with Gasteiger partial charge in [0.2, 0.25) is 0 Å². The van der Waals surface area contributed by atoms with Crippen molar-refractivity contribution >= 4 is 0 Å². The minimum absolute atomic E-state index is 0.866. The lowest BCUT2D eigenvalue weighted by Crippen LogP contribution is -2.12. The first kappa shape index (κ1) is 12.6. The predicted molar refractivity (Wildman–Crippen MR) is 71.3 cm³/mol. The molecule has 0 unspecified atom stereocenters. The predicted octanol–water partition coefficient (Wildman–Crippen LogP) is 2.45. The summed E-state index contributed by atoms with van der Waals surface area (Å²) in [5.41, 5.74) is 4.04.